The summed E-state index contributed by atoms with van der Waals surface area (Å²) in [6, 6.07) is 41.7. The fraction of sp³-hybridized carbons (Fsp3) is 0.0886. The quantitative estimate of drug-likeness (QED) is 0.0408. The number of sulfonamides is 4. The first-order valence-corrected chi connectivity index (χ1v) is 42.3. The van der Waals surface area contributed by atoms with Gasteiger partial charge in [-0.05, 0) is 165 Å². The van der Waals surface area contributed by atoms with Crippen molar-refractivity contribution in [3.05, 3.63) is 326 Å². The zero-order valence-electron chi connectivity index (χ0n) is 61.7. The smallest absolute Gasteiger partial charge is 0.263 e. The van der Waals surface area contributed by atoms with Gasteiger partial charge in [-0.15, -0.1) is 0 Å². The summed E-state index contributed by atoms with van der Waals surface area (Å²) in [7, 11) is -11.2. The van der Waals surface area contributed by atoms with Crippen LogP contribution in [0.25, 0.3) is 0 Å². The van der Waals surface area contributed by atoms with Crippen LogP contribution in [-0.4, -0.2) is 105 Å². The first-order valence-electron chi connectivity index (χ1n) is 33.3. The number of hydrogen-bond acceptors (Lipinski definition) is 20. The number of carbonyl (C=O) groups is 4. The Balaban J connectivity index is 0.000000179. The minimum atomic E-state index is -4.20. The van der Waals surface area contributed by atoms with Crippen LogP contribution in [0.1, 0.15) is 80.9 Å². The van der Waals surface area contributed by atoms with Crippen molar-refractivity contribution in [1.29, 1.82) is 0 Å². The minimum Gasteiger partial charge on any atom is -0.496 e. The van der Waals surface area contributed by atoms with Gasteiger partial charge in [0, 0.05) is 29.8 Å². The fourth-order valence-corrected chi connectivity index (χ4v) is 16.8. The van der Waals surface area contributed by atoms with E-state index in [9.17, 15) is 66.0 Å². The standard InChI is InChI=1S/C21H18Cl2N2O4S.C20H16ClFN2O4S.C19H12Cl3FN2O4S.C19H13Cl2FN2O4S/c1-12-5-4-6-18(29-3)19(12)21(26)20-17(10-14(22)11-24-20)25-30(27,28)15-7-8-16(23)13(2)9-15;1-12-5-3-6-14(9-12)29(26,27)24-16-10-13(21)11-23-19(16)20(25)18-15(22)7-4-8-17(18)28-2;1-29-16-4-2-3-14(23)17(16)19(26)18-15(7-10(20)9-24-18)25-30(27,28)11-5-6-12(21)13(22)8-11;1-28-15-7-4-6-13(22)17(15)19(25)18-14(9-11(20)10-23-18)24-29(26,27)16-8-3-2-5-12(16)21/h4-11,25H,1-3H3;3-11,24H,1-2H3;2-9,25H,1H3;2-10,24H,1H3. The molecule has 0 aliphatic carbocycles. The Bertz CT molecular complexity index is 6240. The second-order valence-electron chi connectivity index (χ2n) is 24.3. The number of aryl methyl sites for hydroxylation is 3. The van der Waals surface area contributed by atoms with E-state index in [1.54, 1.807) is 57.2 Å². The summed E-state index contributed by atoms with van der Waals surface area (Å²) in [5.74, 6) is -5.33. The lowest BCUT2D eigenvalue weighted by Crippen LogP contribution is -2.18. The van der Waals surface area contributed by atoms with Gasteiger partial charge in [0.1, 0.15) is 84.8 Å². The number of halogens is 11. The van der Waals surface area contributed by atoms with Crippen LogP contribution in [0.15, 0.2) is 226 Å². The van der Waals surface area contributed by atoms with Gasteiger partial charge in [0.05, 0.1) is 107 Å². The maximum Gasteiger partial charge on any atom is 0.263 e. The van der Waals surface area contributed by atoms with E-state index in [0.717, 1.165) is 42.2 Å². The molecule has 0 amide bonds. The lowest BCUT2D eigenvalue weighted by molar-refractivity contribution is 0.102. The fourth-order valence-electron chi connectivity index (χ4n) is 10.7. The molecule has 0 aliphatic heterocycles. The van der Waals surface area contributed by atoms with Gasteiger partial charge in [-0.2, -0.15) is 0 Å². The number of ketones is 4. The zero-order valence-corrected chi connectivity index (χ0v) is 71.1. The number of anilines is 4. The van der Waals surface area contributed by atoms with Crippen molar-refractivity contribution < 1.29 is 85.0 Å². The van der Waals surface area contributed by atoms with Gasteiger partial charge in [-0.3, -0.25) is 38.1 Å². The molecule has 0 unspecified atom stereocenters. The maximum absolute atomic E-state index is 14.3. The van der Waals surface area contributed by atoms with Gasteiger partial charge in [0.2, 0.25) is 23.1 Å². The average Bonchev–Trinajstić information content (AvgIpc) is 0.799. The second-order valence-corrected chi connectivity index (χ2v) is 34.3. The van der Waals surface area contributed by atoms with Crippen LogP contribution < -0.4 is 37.8 Å². The van der Waals surface area contributed by atoms with Crippen molar-refractivity contribution in [2.45, 2.75) is 40.4 Å². The van der Waals surface area contributed by atoms with E-state index in [1.165, 1.54) is 162 Å². The predicted molar refractivity (Wildman–Crippen MR) is 446 cm³/mol. The number of aromatic nitrogens is 4. The Kier molecular flexibility index (Phi) is 30.4. The molecule has 12 aromatic rings. The summed E-state index contributed by atoms with van der Waals surface area (Å²) in [6.45, 7) is 5.20. The molecule has 4 N–H and O–H groups in total. The molecule has 0 bridgehead atoms. The highest BCUT2D eigenvalue weighted by Gasteiger charge is 2.32. The third-order valence-electron chi connectivity index (χ3n) is 16.3. The molecule has 8 aromatic carbocycles. The lowest BCUT2D eigenvalue weighted by Gasteiger charge is -2.15. The second kappa shape index (κ2) is 39.3. The highest BCUT2D eigenvalue weighted by Crippen LogP contribution is 2.37. The Morgan fingerprint density at radius 3 is 0.992 bits per heavy atom. The summed E-state index contributed by atoms with van der Waals surface area (Å²) >= 11 is 47.5. The van der Waals surface area contributed by atoms with Gasteiger partial charge in [0.25, 0.3) is 40.1 Å². The number of rotatable bonds is 24. The third kappa shape index (κ3) is 22.0. The van der Waals surface area contributed by atoms with Gasteiger partial charge >= 0.3 is 0 Å². The van der Waals surface area contributed by atoms with Crippen LogP contribution in [0, 0.1) is 38.2 Å². The lowest BCUT2D eigenvalue weighted by atomic mass is 10.0. The minimum absolute atomic E-state index is 0.000605. The number of methoxy groups -OCH3 is 4. The molecule has 0 aliphatic rings. The average molecular weight is 1850 g/mol. The highest BCUT2D eigenvalue weighted by molar-refractivity contribution is 7.93. The van der Waals surface area contributed by atoms with Crippen molar-refractivity contribution >= 4 is 179 Å². The van der Waals surface area contributed by atoms with Gasteiger partial charge in [-0.25, -0.2) is 66.8 Å². The van der Waals surface area contributed by atoms with Crippen molar-refractivity contribution in [3.8, 4) is 23.0 Å². The molecule has 0 saturated heterocycles. The normalized spacial score (nSPS) is 11.2. The SMILES string of the molecule is COc1cccc(C)c1C(=O)c1ncc(Cl)cc1NS(=O)(=O)c1ccc(Cl)c(C)c1.COc1cccc(F)c1C(=O)c1ncc(Cl)cc1NS(=O)(=O)c1ccc(Cl)c(Cl)c1.COc1cccc(F)c1C(=O)c1ncc(Cl)cc1NS(=O)(=O)c1cccc(C)c1.COc1cccc(F)c1C(=O)c1ncc(Cl)cc1NS(=O)(=O)c1ccccc1Cl. The van der Waals surface area contributed by atoms with Crippen LogP contribution in [0.3, 0.4) is 0 Å². The van der Waals surface area contributed by atoms with Crippen LogP contribution in [0.2, 0.25) is 40.2 Å². The highest BCUT2D eigenvalue weighted by atomic mass is 35.5. The van der Waals surface area contributed by atoms with E-state index < -0.39 is 86.2 Å². The molecule has 4 heterocycles. The maximum atomic E-state index is 14.3. The number of benzene rings is 8. The molecule has 0 spiro atoms. The van der Waals surface area contributed by atoms with E-state index in [1.807, 2.05) is 0 Å². The molecular formula is C79H59Cl8F3N8O16S4. The number of pyridine rings is 4. The molecule has 0 saturated carbocycles. The Hall–Kier alpha value is -10.7. The number of carbonyl (C=O) groups excluding carboxylic acids is 4. The molecule has 39 heteroatoms. The van der Waals surface area contributed by atoms with Crippen LogP contribution in [0.5, 0.6) is 23.0 Å². The van der Waals surface area contributed by atoms with Gasteiger partial charge in [-0.1, -0.05) is 147 Å². The van der Waals surface area contributed by atoms with E-state index in [4.69, 9.17) is 112 Å². The summed E-state index contributed by atoms with van der Waals surface area (Å²) in [5.41, 5.74) is -0.662. The molecule has 612 valence electrons. The van der Waals surface area contributed by atoms with Crippen LogP contribution >= 0.6 is 92.8 Å². The molecule has 12 rings (SSSR count). The van der Waals surface area contributed by atoms with E-state index in [2.05, 4.69) is 38.8 Å². The molecular weight excluding hydrogens is 1790 g/mol. The number of nitrogens with zero attached hydrogens (tertiary/aromatic N) is 4. The topological polar surface area (TPSA) is 341 Å². The zero-order chi connectivity index (χ0) is 86.5. The van der Waals surface area contributed by atoms with E-state index in [0.29, 0.717) is 21.9 Å². The Labute approximate surface area is 714 Å². The number of nitrogens with one attached hydrogen (secondary N) is 4. The molecule has 0 fully saturated rings. The number of ether oxygens (including phenoxy) is 4. The van der Waals surface area contributed by atoms with Crippen molar-refractivity contribution in [2.24, 2.45) is 0 Å². The monoisotopic (exact) mass is 1840 g/mol. The summed E-state index contributed by atoms with van der Waals surface area (Å²) in [4.78, 5) is 67.7. The van der Waals surface area contributed by atoms with Crippen molar-refractivity contribution in [2.75, 3.05) is 47.3 Å². The number of hydrogen-bond donors (Lipinski definition) is 4. The molecule has 0 radical (unpaired) electrons. The molecule has 4 aromatic heterocycles. The first kappa shape index (κ1) is 91.3. The first-order chi connectivity index (χ1) is 55.7. The van der Waals surface area contributed by atoms with E-state index >= 15 is 0 Å². The van der Waals surface area contributed by atoms with Crippen LogP contribution in [-0.2, 0) is 40.1 Å². The third-order valence-corrected chi connectivity index (χ3v) is 24.2. The van der Waals surface area contributed by atoms with Crippen LogP contribution in [0.4, 0.5) is 35.9 Å². The largest absolute Gasteiger partial charge is 0.496 e. The molecule has 24 nitrogen and oxygen atoms in total. The summed E-state index contributed by atoms with van der Waals surface area (Å²) in [5, 5.41) is 1.02. The molecule has 0 atom stereocenters. The van der Waals surface area contributed by atoms with Crippen molar-refractivity contribution in [1.82, 2.24) is 19.9 Å². The van der Waals surface area contributed by atoms with E-state index in [-0.39, 0.29) is 134 Å². The summed E-state index contributed by atoms with van der Waals surface area (Å²) in [6.07, 6.45) is 4.74. The van der Waals surface area contributed by atoms with Gasteiger partial charge in [0.15, 0.2) is 0 Å². The summed E-state index contributed by atoms with van der Waals surface area (Å²) < 4.78 is 175. The van der Waals surface area contributed by atoms with Gasteiger partial charge < -0.3 is 18.9 Å². The Morgan fingerprint density at radius 1 is 0.314 bits per heavy atom. The molecule has 118 heavy (non-hydrogen) atoms. The Morgan fingerprint density at radius 2 is 0.636 bits per heavy atom. The predicted octanol–water partition coefficient (Wildman–Crippen LogP) is 19.1. The van der Waals surface area contributed by atoms with Crippen molar-refractivity contribution in [3.63, 3.8) is 0 Å².